The first-order valence-electron chi connectivity index (χ1n) is 8.32. The van der Waals surface area contributed by atoms with E-state index >= 15 is 0 Å². The highest BCUT2D eigenvalue weighted by Crippen LogP contribution is 2.34. The lowest BCUT2D eigenvalue weighted by Crippen LogP contribution is -2.38. The molecule has 1 aliphatic rings. The van der Waals surface area contributed by atoms with E-state index in [1.807, 2.05) is 20.0 Å². The SMILES string of the molecule is CCN(c1cc(C)c(F)cc1C(C)NC)C1CCCCC1. The van der Waals surface area contributed by atoms with E-state index in [0.29, 0.717) is 6.04 Å². The standard InChI is InChI=1S/C18H29FN2/c1-5-21(15-9-7-6-8-10-15)18-11-13(2)17(19)12-16(18)14(3)20-4/h11-12,14-15,20H,5-10H2,1-4H3. The number of benzene rings is 1. The highest BCUT2D eigenvalue weighted by molar-refractivity contribution is 5.58. The first-order valence-corrected chi connectivity index (χ1v) is 8.32. The minimum atomic E-state index is -0.101. The molecular formula is C18H29FN2. The van der Waals surface area contributed by atoms with Crippen LogP contribution in [-0.2, 0) is 0 Å². The van der Waals surface area contributed by atoms with Crippen LogP contribution < -0.4 is 10.2 Å². The molecular weight excluding hydrogens is 263 g/mol. The molecule has 1 saturated carbocycles. The molecule has 0 amide bonds. The van der Waals surface area contributed by atoms with Crippen molar-refractivity contribution in [2.75, 3.05) is 18.5 Å². The van der Waals surface area contributed by atoms with Gasteiger partial charge in [0, 0.05) is 24.3 Å². The molecule has 0 saturated heterocycles. The number of rotatable bonds is 5. The number of anilines is 1. The Hall–Kier alpha value is -1.09. The van der Waals surface area contributed by atoms with Crippen LogP contribution in [0.1, 0.15) is 63.1 Å². The first-order chi connectivity index (χ1) is 10.1. The van der Waals surface area contributed by atoms with Crippen LogP contribution in [0.15, 0.2) is 12.1 Å². The van der Waals surface area contributed by atoms with Crippen LogP contribution in [0.4, 0.5) is 10.1 Å². The second-order valence-corrected chi connectivity index (χ2v) is 6.25. The molecule has 1 N–H and O–H groups in total. The van der Waals surface area contributed by atoms with Gasteiger partial charge in [-0.25, -0.2) is 4.39 Å². The highest BCUT2D eigenvalue weighted by Gasteiger charge is 2.24. The zero-order valence-corrected chi connectivity index (χ0v) is 13.9. The Balaban J connectivity index is 2.40. The fourth-order valence-corrected chi connectivity index (χ4v) is 3.45. The Bertz CT molecular complexity index is 467. The maximum Gasteiger partial charge on any atom is 0.126 e. The molecule has 2 rings (SSSR count). The van der Waals surface area contributed by atoms with Crippen LogP contribution in [0.5, 0.6) is 0 Å². The molecule has 1 unspecified atom stereocenters. The van der Waals surface area contributed by atoms with Crippen LogP contribution in [0.25, 0.3) is 0 Å². The molecule has 1 aromatic carbocycles. The van der Waals surface area contributed by atoms with Gasteiger partial charge in [-0.3, -0.25) is 0 Å². The molecule has 1 aliphatic carbocycles. The van der Waals surface area contributed by atoms with Gasteiger partial charge in [0.2, 0.25) is 0 Å². The van der Waals surface area contributed by atoms with Gasteiger partial charge in [-0.1, -0.05) is 19.3 Å². The Morgan fingerprint density at radius 1 is 1.29 bits per heavy atom. The highest BCUT2D eigenvalue weighted by atomic mass is 19.1. The predicted molar refractivity (Wildman–Crippen MR) is 88.5 cm³/mol. The topological polar surface area (TPSA) is 15.3 Å². The van der Waals surface area contributed by atoms with Crippen LogP contribution in [-0.4, -0.2) is 19.6 Å². The van der Waals surface area contributed by atoms with Gasteiger partial charge in [0.05, 0.1) is 0 Å². The maximum absolute atomic E-state index is 14.0. The largest absolute Gasteiger partial charge is 0.369 e. The minimum Gasteiger partial charge on any atom is -0.369 e. The van der Waals surface area contributed by atoms with E-state index in [-0.39, 0.29) is 11.9 Å². The van der Waals surface area contributed by atoms with Crippen LogP contribution in [0, 0.1) is 12.7 Å². The molecule has 0 aliphatic heterocycles. The number of nitrogens with zero attached hydrogens (tertiary/aromatic N) is 1. The summed E-state index contributed by atoms with van der Waals surface area (Å²) in [5.74, 6) is -0.101. The second-order valence-electron chi connectivity index (χ2n) is 6.25. The first kappa shape index (κ1) is 16.3. The average Bonchev–Trinajstić information content (AvgIpc) is 2.51. The molecule has 0 spiro atoms. The Labute approximate surface area is 128 Å². The summed E-state index contributed by atoms with van der Waals surface area (Å²) >= 11 is 0. The summed E-state index contributed by atoms with van der Waals surface area (Å²) in [5.41, 5.74) is 3.03. The molecule has 3 heteroatoms. The lowest BCUT2D eigenvalue weighted by molar-refractivity contribution is 0.416. The molecule has 0 bridgehead atoms. The van der Waals surface area contributed by atoms with Crippen molar-refractivity contribution in [3.8, 4) is 0 Å². The molecule has 1 fully saturated rings. The van der Waals surface area contributed by atoms with E-state index < -0.39 is 0 Å². The maximum atomic E-state index is 14.0. The van der Waals surface area contributed by atoms with Crippen LogP contribution in [0.2, 0.25) is 0 Å². The van der Waals surface area contributed by atoms with Gasteiger partial charge < -0.3 is 10.2 Å². The molecule has 0 radical (unpaired) electrons. The third kappa shape index (κ3) is 3.57. The third-order valence-electron chi connectivity index (χ3n) is 4.87. The number of halogens is 1. The monoisotopic (exact) mass is 292 g/mol. The number of nitrogens with one attached hydrogen (secondary N) is 1. The van der Waals surface area contributed by atoms with Crippen molar-refractivity contribution in [3.63, 3.8) is 0 Å². The molecule has 21 heavy (non-hydrogen) atoms. The summed E-state index contributed by atoms with van der Waals surface area (Å²) in [5, 5.41) is 3.26. The quantitative estimate of drug-likeness (QED) is 0.855. The number of hydrogen-bond donors (Lipinski definition) is 1. The summed E-state index contributed by atoms with van der Waals surface area (Å²) in [4.78, 5) is 2.49. The number of aryl methyl sites for hydroxylation is 1. The van der Waals surface area contributed by atoms with Crippen molar-refractivity contribution in [2.45, 2.75) is 65.0 Å². The summed E-state index contributed by atoms with van der Waals surface area (Å²) in [6.07, 6.45) is 6.52. The van der Waals surface area contributed by atoms with E-state index in [9.17, 15) is 4.39 Å². The van der Waals surface area contributed by atoms with Gasteiger partial charge in [0.1, 0.15) is 5.82 Å². The Kier molecular flexibility index (Phi) is 5.63. The van der Waals surface area contributed by atoms with E-state index in [1.54, 1.807) is 6.07 Å². The summed E-state index contributed by atoms with van der Waals surface area (Å²) in [7, 11) is 1.93. The van der Waals surface area contributed by atoms with E-state index in [1.165, 1.54) is 37.8 Å². The molecule has 118 valence electrons. The summed E-state index contributed by atoms with van der Waals surface area (Å²) < 4.78 is 14.0. The van der Waals surface area contributed by atoms with Gasteiger partial charge in [-0.05, 0) is 63.9 Å². The molecule has 1 atom stereocenters. The smallest absolute Gasteiger partial charge is 0.126 e. The fraction of sp³-hybridized carbons (Fsp3) is 0.667. The second kappa shape index (κ2) is 7.26. The van der Waals surface area contributed by atoms with Crippen molar-refractivity contribution in [2.24, 2.45) is 0 Å². The predicted octanol–water partition coefficient (Wildman–Crippen LogP) is 4.57. The minimum absolute atomic E-state index is 0.101. The van der Waals surface area contributed by atoms with Crippen molar-refractivity contribution < 1.29 is 4.39 Å². The molecule has 1 aromatic rings. The van der Waals surface area contributed by atoms with E-state index in [2.05, 4.69) is 24.1 Å². The van der Waals surface area contributed by atoms with Crippen LogP contribution >= 0.6 is 0 Å². The summed E-state index contributed by atoms with van der Waals surface area (Å²) in [6.45, 7) is 7.16. The Morgan fingerprint density at radius 2 is 1.95 bits per heavy atom. The van der Waals surface area contributed by atoms with Gasteiger partial charge in [-0.2, -0.15) is 0 Å². The van der Waals surface area contributed by atoms with Crippen molar-refractivity contribution in [3.05, 3.63) is 29.1 Å². The van der Waals surface area contributed by atoms with Gasteiger partial charge in [0.15, 0.2) is 0 Å². The molecule has 0 aromatic heterocycles. The zero-order valence-electron chi connectivity index (χ0n) is 13.9. The van der Waals surface area contributed by atoms with Crippen molar-refractivity contribution in [1.29, 1.82) is 0 Å². The molecule has 0 heterocycles. The third-order valence-corrected chi connectivity index (χ3v) is 4.87. The van der Waals surface area contributed by atoms with E-state index in [0.717, 1.165) is 17.7 Å². The number of hydrogen-bond acceptors (Lipinski definition) is 2. The average molecular weight is 292 g/mol. The normalized spacial score (nSPS) is 17.8. The van der Waals surface area contributed by atoms with Gasteiger partial charge in [0.25, 0.3) is 0 Å². The zero-order chi connectivity index (χ0) is 15.4. The van der Waals surface area contributed by atoms with Crippen molar-refractivity contribution >= 4 is 5.69 Å². The fourth-order valence-electron chi connectivity index (χ4n) is 3.45. The van der Waals surface area contributed by atoms with E-state index in [4.69, 9.17) is 0 Å². The lowest BCUT2D eigenvalue weighted by Gasteiger charge is -2.37. The Morgan fingerprint density at radius 3 is 2.52 bits per heavy atom. The molecule has 2 nitrogen and oxygen atoms in total. The van der Waals surface area contributed by atoms with Gasteiger partial charge in [-0.15, -0.1) is 0 Å². The van der Waals surface area contributed by atoms with Crippen LogP contribution in [0.3, 0.4) is 0 Å². The van der Waals surface area contributed by atoms with Crippen molar-refractivity contribution in [1.82, 2.24) is 5.32 Å². The van der Waals surface area contributed by atoms with Gasteiger partial charge >= 0.3 is 0 Å². The summed E-state index contributed by atoms with van der Waals surface area (Å²) in [6, 6.07) is 4.53. The lowest BCUT2D eigenvalue weighted by atomic mass is 9.92.